The van der Waals surface area contributed by atoms with Gasteiger partial charge < -0.3 is 9.26 Å². The number of aromatic nitrogens is 1. The molecule has 0 unspecified atom stereocenters. The molecule has 2 aromatic rings. The molecule has 0 aliphatic carbocycles. The Labute approximate surface area is 117 Å². The number of ether oxygens (including phenoxy) is 1. The molecule has 7 heteroatoms. The number of hydrogen-bond donors (Lipinski definition) is 1. The molecular formula is C13H16N2O4S. The first-order valence-corrected chi connectivity index (χ1v) is 7.87. The molecule has 1 N–H and O–H groups in total. The van der Waals surface area contributed by atoms with Crippen LogP contribution in [0.5, 0.6) is 5.75 Å². The van der Waals surface area contributed by atoms with Crippen molar-refractivity contribution in [3.8, 4) is 5.75 Å². The molecule has 108 valence electrons. The van der Waals surface area contributed by atoms with Crippen molar-refractivity contribution in [3.63, 3.8) is 0 Å². The Morgan fingerprint density at radius 2 is 2.00 bits per heavy atom. The predicted molar refractivity (Wildman–Crippen MR) is 75.2 cm³/mol. The molecule has 6 nitrogen and oxygen atoms in total. The highest BCUT2D eigenvalue weighted by atomic mass is 32.2. The van der Waals surface area contributed by atoms with Crippen LogP contribution in [0, 0.1) is 0 Å². The van der Waals surface area contributed by atoms with Gasteiger partial charge in [0.2, 0.25) is 10.0 Å². The summed E-state index contributed by atoms with van der Waals surface area (Å²) in [5.74, 6) is 0.659. The lowest BCUT2D eigenvalue weighted by Crippen LogP contribution is -2.21. The van der Waals surface area contributed by atoms with Crippen molar-refractivity contribution in [2.45, 2.75) is 13.3 Å². The van der Waals surface area contributed by atoms with Crippen molar-refractivity contribution in [2.75, 3.05) is 17.1 Å². The van der Waals surface area contributed by atoms with E-state index in [9.17, 15) is 8.42 Å². The van der Waals surface area contributed by atoms with E-state index in [0.717, 1.165) is 6.42 Å². The SMILES string of the molecule is CCc1ccc(OCCS(=O)(=O)Nc2ccon2)cc1. The van der Waals surface area contributed by atoms with E-state index >= 15 is 0 Å². The summed E-state index contributed by atoms with van der Waals surface area (Å²) < 4.78 is 35.7. The van der Waals surface area contributed by atoms with Crippen LogP contribution in [-0.4, -0.2) is 25.9 Å². The fraction of sp³-hybridized carbons (Fsp3) is 0.308. The van der Waals surface area contributed by atoms with Gasteiger partial charge in [-0.2, -0.15) is 0 Å². The molecule has 2 rings (SSSR count). The molecule has 0 amide bonds. The smallest absolute Gasteiger partial charge is 0.237 e. The number of benzene rings is 1. The van der Waals surface area contributed by atoms with Gasteiger partial charge in [-0.3, -0.25) is 4.72 Å². The molecule has 0 saturated heterocycles. The van der Waals surface area contributed by atoms with Crippen molar-refractivity contribution in [3.05, 3.63) is 42.2 Å². The van der Waals surface area contributed by atoms with Crippen LogP contribution in [0.3, 0.4) is 0 Å². The van der Waals surface area contributed by atoms with Crippen molar-refractivity contribution < 1.29 is 17.7 Å². The van der Waals surface area contributed by atoms with E-state index in [1.54, 1.807) is 0 Å². The van der Waals surface area contributed by atoms with Gasteiger partial charge >= 0.3 is 0 Å². The minimum atomic E-state index is -3.49. The molecule has 0 aliphatic heterocycles. The first-order valence-electron chi connectivity index (χ1n) is 6.21. The molecular weight excluding hydrogens is 280 g/mol. The number of rotatable bonds is 7. The Hall–Kier alpha value is -2.02. The van der Waals surface area contributed by atoms with Crippen molar-refractivity contribution in [2.24, 2.45) is 0 Å². The molecule has 0 radical (unpaired) electrons. The molecule has 1 aromatic carbocycles. The van der Waals surface area contributed by atoms with Crippen LogP contribution >= 0.6 is 0 Å². The summed E-state index contributed by atoms with van der Waals surface area (Å²) in [6, 6.07) is 9.00. The monoisotopic (exact) mass is 296 g/mol. The van der Waals surface area contributed by atoms with Crippen LogP contribution in [0.1, 0.15) is 12.5 Å². The molecule has 0 bridgehead atoms. The summed E-state index contributed by atoms with van der Waals surface area (Å²) in [6.45, 7) is 2.14. The molecule has 0 spiro atoms. The third kappa shape index (κ3) is 4.27. The molecule has 1 heterocycles. The maximum absolute atomic E-state index is 11.7. The van der Waals surface area contributed by atoms with Crippen LogP contribution in [0.4, 0.5) is 5.82 Å². The number of nitrogens with one attached hydrogen (secondary N) is 1. The van der Waals surface area contributed by atoms with E-state index in [2.05, 4.69) is 21.3 Å². The molecule has 0 saturated carbocycles. The van der Waals surface area contributed by atoms with Gasteiger partial charge in [0.25, 0.3) is 0 Å². The maximum Gasteiger partial charge on any atom is 0.237 e. The van der Waals surface area contributed by atoms with Gasteiger partial charge in [-0.25, -0.2) is 8.42 Å². The standard InChI is InChI=1S/C13H16N2O4S/c1-2-11-3-5-12(6-4-11)18-9-10-20(16,17)15-13-7-8-19-14-13/h3-8H,2,9-10H2,1H3,(H,14,15). The summed E-state index contributed by atoms with van der Waals surface area (Å²) in [7, 11) is -3.49. The molecule has 0 atom stereocenters. The van der Waals surface area contributed by atoms with Crippen LogP contribution in [0.2, 0.25) is 0 Å². The highest BCUT2D eigenvalue weighted by molar-refractivity contribution is 7.92. The molecule has 1 aromatic heterocycles. The van der Waals surface area contributed by atoms with Crippen molar-refractivity contribution in [1.29, 1.82) is 0 Å². The van der Waals surface area contributed by atoms with Crippen molar-refractivity contribution >= 4 is 15.8 Å². The zero-order valence-corrected chi connectivity index (χ0v) is 11.9. The summed E-state index contributed by atoms with van der Waals surface area (Å²) in [5, 5.41) is 3.48. The van der Waals surface area contributed by atoms with Crippen LogP contribution in [0.25, 0.3) is 0 Å². The third-order valence-corrected chi connectivity index (χ3v) is 3.87. The lowest BCUT2D eigenvalue weighted by molar-refractivity contribution is 0.341. The van der Waals surface area contributed by atoms with Gasteiger partial charge in [0, 0.05) is 6.07 Å². The highest BCUT2D eigenvalue weighted by Gasteiger charge is 2.12. The average molecular weight is 296 g/mol. The lowest BCUT2D eigenvalue weighted by Gasteiger charge is -2.08. The van der Waals surface area contributed by atoms with Crippen LogP contribution in [0.15, 0.2) is 41.1 Å². The fourth-order valence-corrected chi connectivity index (χ4v) is 2.39. The molecule has 0 fully saturated rings. The Morgan fingerprint density at radius 1 is 1.25 bits per heavy atom. The number of hydrogen-bond acceptors (Lipinski definition) is 5. The Balaban J connectivity index is 1.82. The quantitative estimate of drug-likeness (QED) is 0.845. The summed E-state index contributed by atoms with van der Waals surface area (Å²) in [5.41, 5.74) is 1.21. The lowest BCUT2D eigenvalue weighted by atomic mass is 10.2. The van der Waals surface area contributed by atoms with E-state index in [0.29, 0.717) is 5.75 Å². The molecule has 0 aliphatic rings. The maximum atomic E-state index is 11.7. The zero-order chi connectivity index (χ0) is 14.4. The van der Waals surface area contributed by atoms with Crippen molar-refractivity contribution in [1.82, 2.24) is 5.16 Å². The number of nitrogens with zero attached hydrogens (tertiary/aromatic N) is 1. The average Bonchev–Trinajstić information content (AvgIpc) is 2.91. The van der Waals surface area contributed by atoms with Gasteiger partial charge in [0.15, 0.2) is 5.82 Å². The van der Waals surface area contributed by atoms with Gasteiger partial charge in [-0.15, -0.1) is 0 Å². The largest absolute Gasteiger partial charge is 0.492 e. The van der Waals surface area contributed by atoms with E-state index in [4.69, 9.17) is 4.74 Å². The van der Waals surface area contributed by atoms with E-state index < -0.39 is 10.0 Å². The number of anilines is 1. The summed E-state index contributed by atoms with van der Waals surface area (Å²) in [4.78, 5) is 0. The first kappa shape index (κ1) is 14.4. The fourth-order valence-electron chi connectivity index (χ4n) is 1.57. The Kier molecular flexibility index (Phi) is 4.62. The topological polar surface area (TPSA) is 81.4 Å². The van der Waals surface area contributed by atoms with Gasteiger partial charge in [-0.1, -0.05) is 24.2 Å². The summed E-state index contributed by atoms with van der Waals surface area (Å²) in [6.07, 6.45) is 2.25. The minimum absolute atomic E-state index is 0.0681. The summed E-state index contributed by atoms with van der Waals surface area (Å²) >= 11 is 0. The highest BCUT2D eigenvalue weighted by Crippen LogP contribution is 2.12. The Bertz CT molecular complexity index is 621. The third-order valence-electron chi connectivity index (χ3n) is 2.65. The second-order valence-corrected chi connectivity index (χ2v) is 5.99. The number of sulfonamides is 1. The second-order valence-electron chi connectivity index (χ2n) is 4.15. The first-order chi connectivity index (χ1) is 9.59. The van der Waals surface area contributed by atoms with Gasteiger partial charge in [0.05, 0.1) is 0 Å². The normalized spacial score (nSPS) is 11.2. The van der Waals surface area contributed by atoms with E-state index in [1.165, 1.54) is 17.9 Å². The number of aryl methyl sites for hydroxylation is 1. The minimum Gasteiger partial charge on any atom is -0.492 e. The Morgan fingerprint density at radius 3 is 2.60 bits per heavy atom. The van der Waals surface area contributed by atoms with Crippen LogP contribution in [-0.2, 0) is 16.4 Å². The second kappa shape index (κ2) is 6.42. The van der Waals surface area contributed by atoms with Crippen LogP contribution < -0.4 is 9.46 Å². The predicted octanol–water partition coefficient (Wildman–Crippen LogP) is 2.06. The molecule has 20 heavy (non-hydrogen) atoms. The zero-order valence-electron chi connectivity index (χ0n) is 11.1. The van der Waals surface area contributed by atoms with E-state index in [-0.39, 0.29) is 18.2 Å². The van der Waals surface area contributed by atoms with Gasteiger partial charge in [-0.05, 0) is 24.1 Å². The van der Waals surface area contributed by atoms with Gasteiger partial charge in [0.1, 0.15) is 24.4 Å². The van der Waals surface area contributed by atoms with E-state index in [1.807, 2.05) is 24.3 Å².